The molecule has 2 heteroatoms. The summed E-state index contributed by atoms with van der Waals surface area (Å²) in [5.74, 6) is 0.112. The predicted molar refractivity (Wildman–Crippen MR) is 68.2 cm³/mol. The molecule has 1 heterocycles. The minimum Gasteiger partial charge on any atom is -0.294 e. The van der Waals surface area contributed by atoms with Crippen molar-refractivity contribution >= 4 is 5.78 Å². The van der Waals surface area contributed by atoms with Gasteiger partial charge in [0.1, 0.15) is 0 Å². The molecule has 86 valence electrons. The largest absolute Gasteiger partial charge is 0.294 e. The molecule has 2 aromatic rings. The van der Waals surface area contributed by atoms with Gasteiger partial charge in [-0.2, -0.15) is 0 Å². The van der Waals surface area contributed by atoms with E-state index in [4.69, 9.17) is 0 Å². The molecule has 1 aromatic heterocycles. The summed E-state index contributed by atoms with van der Waals surface area (Å²) in [6.07, 6.45) is 3.73. The number of benzene rings is 1. The summed E-state index contributed by atoms with van der Waals surface area (Å²) in [6.45, 7) is 4.13. The third-order valence-corrected chi connectivity index (χ3v) is 2.92. The molecule has 0 amide bonds. The third kappa shape index (κ3) is 2.78. The minimum absolute atomic E-state index is 0.112. The van der Waals surface area contributed by atoms with Crippen molar-refractivity contribution in [2.75, 3.05) is 0 Å². The molecule has 0 atom stereocenters. The van der Waals surface area contributed by atoms with E-state index in [0.29, 0.717) is 12.0 Å². The maximum Gasteiger partial charge on any atom is 0.168 e. The second-order valence-corrected chi connectivity index (χ2v) is 4.26. The predicted octanol–water partition coefficient (Wildman–Crippen LogP) is 3.12. The summed E-state index contributed by atoms with van der Waals surface area (Å²) in [5, 5.41) is 0. The molecule has 0 spiro atoms. The highest BCUT2D eigenvalue weighted by Crippen LogP contribution is 2.12. The Morgan fingerprint density at radius 1 is 1.18 bits per heavy atom. The van der Waals surface area contributed by atoms with Gasteiger partial charge in [0.15, 0.2) is 5.78 Å². The van der Waals surface area contributed by atoms with Crippen molar-refractivity contribution < 1.29 is 4.79 Å². The topological polar surface area (TPSA) is 30.0 Å². The maximum absolute atomic E-state index is 12.0. The molecule has 17 heavy (non-hydrogen) atoms. The first kappa shape index (κ1) is 11.5. The summed E-state index contributed by atoms with van der Waals surface area (Å²) in [5.41, 5.74) is 4.21. The molecule has 0 fully saturated rings. The van der Waals surface area contributed by atoms with Crippen molar-refractivity contribution in [2.45, 2.75) is 20.3 Å². The monoisotopic (exact) mass is 225 g/mol. The molecule has 0 aliphatic carbocycles. The average Bonchev–Trinajstić information content (AvgIpc) is 2.35. The zero-order valence-corrected chi connectivity index (χ0v) is 10.1. The summed E-state index contributed by atoms with van der Waals surface area (Å²) in [6, 6.07) is 9.73. The van der Waals surface area contributed by atoms with Crippen molar-refractivity contribution in [3.63, 3.8) is 0 Å². The van der Waals surface area contributed by atoms with E-state index in [1.807, 2.05) is 6.07 Å². The van der Waals surface area contributed by atoms with Crippen molar-refractivity contribution in [1.29, 1.82) is 0 Å². The van der Waals surface area contributed by atoms with E-state index in [-0.39, 0.29) is 5.78 Å². The fourth-order valence-corrected chi connectivity index (χ4v) is 1.73. The summed E-state index contributed by atoms with van der Waals surface area (Å²) in [7, 11) is 0. The zero-order valence-electron chi connectivity index (χ0n) is 10.1. The molecule has 2 rings (SSSR count). The van der Waals surface area contributed by atoms with Crippen LogP contribution in [0.3, 0.4) is 0 Å². The molecule has 0 saturated heterocycles. The van der Waals surface area contributed by atoms with Crippen LogP contribution in [0.4, 0.5) is 0 Å². The molecule has 0 aliphatic heterocycles. The Hall–Kier alpha value is -1.96. The SMILES string of the molecule is Cc1ccc(CC(=O)c2cccnc2)cc1C. The highest BCUT2D eigenvalue weighted by atomic mass is 16.1. The Morgan fingerprint density at radius 3 is 2.65 bits per heavy atom. The fourth-order valence-electron chi connectivity index (χ4n) is 1.73. The lowest BCUT2D eigenvalue weighted by Crippen LogP contribution is -2.04. The number of nitrogens with zero attached hydrogens (tertiary/aromatic N) is 1. The van der Waals surface area contributed by atoms with E-state index in [9.17, 15) is 4.79 Å². The van der Waals surface area contributed by atoms with Crippen LogP contribution in [0.15, 0.2) is 42.7 Å². The second kappa shape index (κ2) is 4.91. The lowest BCUT2D eigenvalue weighted by molar-refractivity contribution is 0.0992. The Balaban J connectivity index is 2.16. The smallest absolute Gasteiger partial charge is 0.168 e. The van der Waals surface area contributed by atoms with Gasteiger partial charge in [-0.05, 0) is 42.7 Å². The lowest BCUT2D eigenvalue weighted by atomic mass is 10.0. The Morgan fingerprint density at radius 2 is 2.00 bits per heavy atom. The van der Waals surface area contributed by atoms with Crippen LogP contribution in [-0.4, -0.2) is 10.8 Å². The first-order chi connectivity index (χ1) is 8.16. The Kier molecular flexibility index (Phi) is 3.33. The van der Waals surface area contributed by atoms with Crippen LogP contribution in [0, 0.1) is 13.8 Å². The molecule has 0 aliphatic rings. The average molecular weight is 225 g/mol. The number of aryl methyl sites for hydroxylation is 2. The number of rotatable bonds is 3. The summed E-state index contributed by atoms with van der Waals surface area (Å²) in [4.78, 5) is 15.9. The molecular weight excluding hydrogens is 210 g/mol. The summed E-state index contributed by atoms with van der Waals surface area (Å²) < 4.78 is 0. The summed E-state index contributed by atoms with van der Waals surface area (Å²) >= 11 is 0. The van der Waals surface area contributed by atoms with Crippen LogP contribution in [0.2, 0.25) is 0 Å². The minimum atomic E-state index is 0.112. The normalized spacial score (nSPS) is 10.2. The molecule has 0 bridgehead atoms. The molecular formula is C15H15NO. The Bertz CT molecular complexity index is 532. The van der Waals surface area contributed by atoms with Gasteiger partial charge in [0.05, 0.1) is 0 Å². The Labute approximate surface area is 101 Å². The number of pyridine rings is 1. The quantitative estimate of drug-likeness (QED) is 0.751. The lowest BCUT2D eigenvalue weighted by Gasteiger charge is -2.04. The van der Waals surface area contributed by atoms with Crippen molar-refractivity contribution in [3.05, 3.63) is 65.0 Å². The van der Waals surface area contributed by atoms with Crippen LogP contribution in [0.5, 0.6) is 0 Å². The second-order valence-electron chi connectivity index (χ2n) is 4.26. The number of aromatic nitrogens is 1. The van der Waals surface area contributed by atoms with Crippen LogP contribution in [0.25, 0.3) is 0 Å². The van der Waals surface area contributed by atoms with Gasteiger partial charge in [-0.3, -0.25) is 9.78 Å². The van der Waals surface area contributed by atoms with Crippen molar-refractivity contribution in [3.8, 4) is 0 Å². The van der Waals surface area contributed by atoms with E-state index in [2.05, 4.69) is 31.0 Å². The molecule has 1 aromatic carbocycles. The van der Waals surface area contributed by atoms with E-state index < -0.39 is 0 Å². The van der Waals surface area contributed by atoms with Gasteiger partial charge in [-0.1, -0.05) is 18.2 Å². The van der Waals surface area contributed by atoms with E-state index in [0.717, 1.165) is 5.56 Å². The van der Waals surface area contributed by atoms with Crippen LogP contribution in [-0.2, 0) is 6.42 Å². The molecule has 2 nitrogen and oxygen atoms in total. The molecule has 0 radical (unpaired) electrons. The van der Waals surface area contributed by atoms with Crippen LogP contribution in [0.1, 0.15) is 27.0 Å². The number of carbonyl (C=O) groups is 1. The van der Waals surface area contributed by atoms with E-state index in [1.54, 1.807) is 24.5 Å². The van der Waals surface area contributed by atoms with Gasteiger partial charge < -0.3 is 0 Å². The van der Waals surface area contributed by atoms with Crippen molar-refractivity contribution in [2.24, 2.45) is 0 Å². The number of Topliss-reactive ketones (excluding diaryl/α,β-unsaturated/α-hetero) is 1. The first-order valence-electron chi connectivity index (χ1n) is 5.66. The molecule has 0 N–H and O–H groups in total. The zero-order chi connectivity index (χ0) is 12.3. The van der Waals surface area contributed by atoms with Crippen molar-refractivity contribution in [1.82, 2.24) is 4.98 Å². The van der Waals surface area contributed by atoms with Gasteiger partial charge in [0, 0.05) is 24.4 Å². The number of hydrogen-bond acceptors (Lipinski definition) is 2. The van der Waals surface area contributed by atoms with Gasteiger partial charge in [0.25, 0.3) is 0 Å². The number of ketones is 1. The third-order valence-electron chi connectivity index (χ3n) is 2.92. The van der Waals surface area contributed by atoms with Crippen LogP contribution < -0.4 is 0 Å². The van der Waals surface area contributed by atoms with Gasteiger partial charge >= 0.3 is 0 Å². The van der Waals surface area contributed by atoms with E-state index >= 15 is 0 Å². The highest BCUT2D eigenvalue weighted by molar-refractivity contribution is 5.97. The first-order valence-corrected chi connectivity index (χ1v) is 5.66. The van der Waals surface area contributed by atoms with Crippen LogP contribution >= 0.6 is 0 Å². The maximum atomic E-state index is 12.0. The number of hydrogen-bond donors (Lipinski definition) is 0. The van der Waals surface area contributed by atoms with E-state index in [1.165, 1.54) is 11.1 Å². The van der Waals surface area contributed by atoms with Gasteiger partial charge in [-0.15, -0.1) is 0 Å². The molecule has 0 unspecified atom stereocenters. The van der Waals surface area contributed by atoms with Gasteiger partial charge in [-0.25, -0.2) is 0 Å². The number of carbonyl (C=O) groups excluding carboxylic acids is 1. The molecule has 0 saturated carbocycles. The van der Waals surface area contributed by atoms with Gasteiger partial charge in [0.2, 0.25) is 0 Å². The fraction of sp³-hybridized carbons (Fsp3) is 0.200. The highest BCUT2D eigenvalue weighted by Gasteiger charge is 2.07. The standard InChI is InChI=1S/C15H15NO/c1-11-5-6-13(8-12(11)2)9-15(17)14-4-3-7-16-10-14/h3-8,10H,9H2,1-2H3.